The quantitative estimate of drug-likeness (QED) is 0.770. The van der Waals surface area contributed by atoms with Gasteiger partial charge in [-0.15, -0.1) is 0 Å². The summed E-state index contributed by atoms with van der Waals surface area (Å²) in [6.07, 6.45) is -0.340. The van der Waals surface area contributed by atoms with Gasteiger partial charge in [0.25, 0.3) is 5.91 Å². The second-order valence-corrected chi connectivity index (χ2v) is 7.95. The molecule has 4 rings (SSSR count). The number of carbonyl (C=O) groups is 2. The van der Waals surface area contributed by atoms with Crippen molar-refractivity contribution in [3.8, 4) is 6.07 Å². The van der Waals surface area contributed by atoms with Crippen molar-refractivity contribution >= 4 is 23.3 Å². The van der Waals surface area contributed by atoms with Crippen LogP contribution in [0.25, 0.3) is 0 Å². The van der Waals surface area contributed by atoms with Crippen LogP contribution in [0.3, 0.4) is 0 Å². The first-order valence-electron chi connectivity index (χ1n) is 10.1. The van der Waals surface area contributed by atoms with Gasteiger partial charge in [0.2, 0.25) is 0 Å². The summed E-state index contributed by atoms with van der Waals surface area (Å²) in [6, 6.07) is 5.40. The van der Waals surface area contributed by atoms with Crippen LogP contribution in [-0.4, -0.2) is 29.0 Å². The largest absolute Gasteiger partial charge is 0.417 e. The smallest absolute Gasteiger partial charge is 0.364 e. The first kappa shape index (κ1) is 21.6. The number of fused-ring (bicyclic) bond motifs is 1. The van der Waals surface area contributed by atoms with E-state index in [0.29, 0.717) is 24.1 Å². The normalized spacial score (nSPS) is 20.8. The highest BCUT2D eigenvalue weighted by Crippen LogP contribution is 2.42. The van der Waals surface area contributed by atoms with E-state index in [2.05, 4.69) is 4.98 Å². The minimum absolute atomic E-state index is 0.0406. The molecule has 1 aromatic carbocycles. The van der Waals surface area contributed by atoms with Gasteiger partial charge in [-0.25, -0.2) is 4.79 Å². The van der Waals surface area contributed by atoms with Crippen LogP contribution in [0.5, 0.6) is 0 Å². The van der Waals surface area contributed by atoms with Crippen LogP contribution in [0.15, 0.2) is 30.5 Å². The number of pyridine rings is 1. The van der Waals surface area contributed by atoms with Crippen LogP contribution in [0.4, 0.5) is 29.3 Å². The molecule has 1 aliphatic carbocycles. The van der Waals surface area contributed by atoms with E-state index in [4.69, 9.17) is 11.0 Å². The van der Waals surface area contributed by atoms with Crippen molar-refractivity contribution in [3.63, 3.8) is 0 Å². The maximum Gasteiger partial charge on any atom is 0.417 e. The topological polar surface area (TPSA) is 103 Å². The Morgan fingerprint density at radius 2 is 1.84 bits per heavy atom. The Labute approximate surface area is 182 Å². The number of nitrogens with two attached hydrogens (primary N) is 1. The molecule has 7 nitrogen and oxygen atoms in total. The Balaban J connectivity index is 1.83. The monoisotopic (exact) mass is 443 g/mol. The highest BCUT2D eigenvalue weighted by Gasteiger charge is 2.49. The minimum Gasteiger partial charge on any atom is -0.364 e. The van der Waals surface area contributed by atoms with Gasteiger partial charge in [0, 0.05) is 17.4 Å². The summed E-state index contributed by atoms with van der Waals surface area (Å²) in [5.41, 5.74) is 4.86. The second-order valence-electron chi connectivity index (χ2n) is 7.95. The van der Waals surface area contributed by atoms with Crippen LogP contribution in [0.2, 0.25) is 0 Å². The number of primary amides is 1. The predicted octanol–water partition coefficient (Wildman–Crippen LogP) is 4.14. The lowest BCUT2D eigenvalue weighted by molar-refractivity contribution is -0.137. The van der Waals surface area contributed by atoms with E-state index in [1.54, 1.807) is 24.0 Å². The fourth-order valence-electron chi connectivity index (χ4n) is 4.73. The molecule has 2 aromatic rings. The van der Waals surface area contributed by atoms with Gasteiger partial charge in [0.1, 0.15) is 5.69 Å². The molecule has 2 atom stereocenters. The van der Waals surface area contributed by atoms with Crippen LogP contribution in [-0.2, 0) is 6.18 Å². The lowest BCUT2D eigenvalue weighted by Gasteiger charge is -2.32. The van der Waals surface area contributed by atoms with Crippen molar-refractivity contribution in [1.29, 1.82) is 5.26 Å². The van der Waals surface area contributed by atoms with E-state index in [0.717, 1.165) is 25.0 Å². The molecule has 166 valence electrons. The summed E-state index contributed by atoms with van der Waals surface area (Å²) in [6.45, 7) is 1.64. The lowest BCUT2D eigenvalue weighted by Crippen LogP contribution is -2.40. The number of carbonyl (C=O) groups excluding carboxylic acids is 2. The molecule has 2 aliphatic rings. The summed E-state index contributed by atoms with van der Waals surface area (Å²) < 4.78 is 40.6. The summed E-state index contributed by atoms with van der Waals surface area (Å²) in [7, 11) is 0. The Morgan fingerprint density at radius 3 is 2.44 bits per heavy atom. The Hall–Kier alpha value is -3.61. The number of nitrogens with zero attached hydrogens (tertiary/aromatic N) is 4. The van der Waals surface area contributed by atoms with Gasteiger partial charge >= 0.3 is 12.2 Å². The van der Waals surface area contributed by atoms with Crippen molar-refractivity contribution < 1.29 is 22.8 Å². The van der Waals surface area contributed by atoms with E-state index in [9.17, 15) is 22.8 Å². The average Bonchev–Trinajstić information content (AvgIpc) is 3.04. The molecule has 2 N–H and O–H groups in total. The molecule has 0 bridgehead atoms. The number of aromatic nitrogens is 1. The van der Waals surface area contributed by atoms with Crippen molar-refractivity contribution in [2.45, 2.75) is 50.9 Å². The van der Waals surface area contributed by atoms with Gasteiger partial charge in [-0.05, 0) is 44.0 Å². The van der Waals surface area contributed by atoms with E-state index in [1.165, 1.54) is 17.2 Å². The van der Waals surface area contributed by atoms with Crippen molar-refractivity contribution in [2.75, 3.05) is 9.80 Å². The number of halogens is 3. The van der Waals surface area contributed by atoms with E-state index < -0.39 is 29.2 Å². The predicted molar refractivity (Wildman–Crippen MR) is 110 cm³/mol. The maximum atomic E-state index is 13.6. The number of benzene rings is 1. The minimum atomic E-state index is -4.73. The third-order valence-corrected chi connectivity index (χ3v) is 6.14. The maximum absolute atomic E-state index is 13.6. The van der Waals surface area contributed by atoms with Crippen LogP contribution in [0, 0.1) is 18.3 Å². The Bertz CT molecular complexity index is 1140. The summed E-state index contributed by atoms with van der Waals surface area (Å²) in [5, 5.41) is 9.09. The van der Waals surface area contributed by atoms with Gasteiger partial charge < -0.3 is 5.73 Å². The number of anilines is 2. The van der Waals surface area contributed by atoms with Crippen molar-refractivity contribution in [3.05, 3.63) is 52.8 Å². The van der Waals surface area contributed by atoms with Crippen LogP contribution in [0.1, 0.15) is 52.9 Å². The first-order chi connectivity index (χ1) is 15.1. The molecule has 0 unspecified atom stereocenters. The van der Waals surface area contributed by atoms with Gasteiger partial charge in [-0.2, -0.15) is 18.4 Å². The van der Waals surface area contributed by atoms with Crippen LogP contribution >= 0.6 is 0 Å². The molecule has 1 aliphatic heterocycles. The second kappa shape index (κ2) is 7.82. The number of alkyl halides is 3. The zero-order valence-corrected chi connectivity index (χ0v) is 17.2. The number of hydrogen-bond acceptors (Lipinski definition) is 4. The number of rotatable bonds is 3. The third-order valence-electron chi connectivity index (χ3n) is 6.14. The van der Waals surface area contributed by atoms with Gasteiger partial charge in [0.15, 0.2) is 0 Å². The molecule has 0 spiro atoms. The number of nitriles is 1. The van der Waals surface area contributed by atoms with E-state index in [1.807, 2.05) is 0 Å². The fourth-order valence-corrected chi connectivity index (χ4v) is 4.73. The van der Waals surface area contributed by atoms with E-state index in [-0.39, 0.29) is 23.5 Å². The lowest BCUT2D eigenvalue weighted by atomic mass is 9.89. The Kier molecular flexibility index (Phi) is 5.28. The molecule has 1 aromatic heterocycles. The molecule has 10 heteroatoms. The van der Waals surface area contributed by atoms with Crippen LogP contribution < -0.4 is 15.5 Å². The molecular formula is C22H20F3N5O2. The molecular weight excluding hydrogens is 423 g/mol. The van der Waals surface area contributed by atoms with Gasteiger partial charge in [0.05, 0.1) is 35.0 Å². The fraction of sp³-hybridized carbons (Fsp3) is 0.364. The summed E-state index contributed by atoms with van der Waals surface area (Å²) >= 11 is 0. The first-order valence-corrected chi connectivity index (χ1v) is 10.1. The number of amides is 3. The summed E-state index contributed by atoms with van der Waals surface area (Å²) in [5.74, 6) is -0.727. The Morgan fingerprint density at radius 1 is 1.19 bits per heavy atom. The number of urea groups is 1. The molecule has 3 amide bonds. The third kappa shape index (κ3) is 3.43. The highest BCUT2D eigenvalue weighted by atomic mass is 19.4. The SMILES string of the molecule is Cc1c(N2C(=O)N(c3ccc(C#N)c(C(F)(F)F)c3)[C@H]3CCCC[C@@H]32)ccnc1C(N)=O. The zero-order valence-electron chi connectivity index (χ0n) is 17.2. The van der Waals surface area contributed by atoms with Gasteiger partial charge in [-0.3, -0.25) is 19.6 Å². The van der Waals surface area contributed by atoms with E-state index >= 15 is 0 Å². The number of hydrogen-bond donors (Lipinski definition) is 1. The molecule has 32 heavy (non-hydrogen) atoms. The van der Waals surface area contributed by atoms with Crippen molar-refractivity contribution in [1.82, 2.24) is 4.98 Å². The average molecular weight is 443 g/mol. The molecule has 2 heterocycles. The molecule has 2 fully saturated rings. The standard InChI is InChI=1S/C22H20F3N5O2/c1-12-16(8-9-28-19(12)20(27)31)30-18-5-3-2-4-17(18)29(21(30)32)14-7-6-13(11-26)15(10-14)22(23,24)25/h6-10,17-18H,2-5H2,1H3,(H2,27,31)/t17-,18-/m0/s1. The zero-order chi connectivity index (χ0) is 23.2. The summed E-state index contributed by atoms with van der Waals surface area (Å²) in [4.78, 5) is 32.2. The molecule has 1 saturated carbocycles. The molecule has 0 radical (unpaired) electrons. The van der Waals surface area contributed by atoms with Gasteiger partial charge in [-0.1, -0.05) is 12.8 Å². The molecule has 1 saturated heterocycles. The highest BCUT2D eigenvalue weighted by molar-refractivity contribution is 6.09. The van der Waals surface area contributed by atoms with Crippen molar-refractivity contribution in [2.24, 2.45) is 5.73 Å².